The van der Waals surface area contributed by atoms with Gasteiger partial charge in [-0.15, -0.1) is 11.3 Å². The highest BCUT2D eigenvalue weighted by atomic mass is 32.1. The van der Waals surface area contributed by atoms with Crippen LogP contribution in [0.3, 0.4) is 0 Å². The van der Waals surface area contributed by atoms with Crippen molar-refractivity contribution in [2.75, 3.05) is 0 Å². The van der Waals surface area contributed by atoms with E-state index in [0.29, 0.717) is 0 Å². The molecular weight excluding hydrogens is 182 g/mol. The first-order valence-electron chi connectivity index (χ1n) is 4.12. The fraction of sp³-hybridized carbons (Fsp3) is 0.300. The molecule has 3 heteroatoms. The van der Waals surface area contributed by atoms with Crippen LogP contribution < -0.4 is 5.32 Å². The first kappa shape index (κ1) is 9.99. The van der Waals surface area contributed by atoms with Gasteiger partial charge in [0.25, 0.3) is 0 Å². The molecule has 70 valence electrons. The summed E-state index contributed by atoms with van der Waals surface area (Å²) >= 11 is 1.70. The van der Waals surface area contributed by atoms with Crippen LogP contribution in [0.1, 0.15) is 22.7 Å². The van der Waals surface area contributed by atoms with Gasteiger partial charge in [0.2, 0.25) is 5.91 Å². The van der Waals surface area contributed by atoms with Crippen molar-refractivity contribution in [1.29, 1.82) is 0 Å². The summed E-state index contributed by atoms with van der Waals surface area (Å²) < 4.78 is 0. The minimum absolute atomic E-state index is 0.0733. The van der Waals surface area contributed by atoms with Crippen LogP contribution in [0.2, 0.25) is 0 Å². The fourth-order valence-corrected chi connectivity index (χ4v) is 1.91. The average Bonchev–Trinajstić information content (AvgIpc) is 2.51. The van der Waals surface area contributed by atoms with Gasteiger partial charge in [-0.05, 0) is 32.1 Å². The molecule has 0 radical (unpaired) electrons. The molecule has 0 aliphatic heterocycles. The van der Waals surface area contributed by atoms with Crippen molar-refractivity contribution in [2.45, 2.75) is 19.9 Å². The van der Waals surface area contributed by atoms with E-state index in [1.54, 1.807) is 11.3 Å². The molecule has 1 aromatic heterocycles. The lowest BCUT2D eigenvalue weighted by Gasteiger charge is -2.09. The summed E-state index contributed by atoms with van der Waals surface area (Å²) in [5.41, 5.74) is 0. The van der Waals surface area contributed by atoms with Crippen molar-refractivity contribution >= 4 is 17.2 Å². The van der Waals surface area contributed by atoms with Gasteiger partial charge in [-0.2, -0.15) is 0 Å². The quantitative estimate of drug-likeness (QED) is 0.737. The SMILES string of the molecule is C=CC(=O)NC(C)c1ccc(C)s1. The van der Waals surface area contributed by atoms with Crippen LogP contribution in [-0.4, -0.2) is 5.91 Å². The Labute approximate surface area is 82.3 Å². The summed E-state index contributed by atoms with van der Waals surface area (Å²) in [6, 6.07) is 4.16. The Hall–Kier alpha value is -1.09. The van der Waals surface area contributed by atoms with Crippen molar-refractivity contribution in [3.8, 4) is 0 Å². The van der Waals surface area contributed by atoms with E-state index in [2.05, 4.69) is 24.9 Å². The van der Waals surface area contributed by atoms with E-state index < -0.39 is 0 Å². The highest BCUT2D eigenvalue weighted by Gasteiger charge is 2.08. The number of hydrogen-bond acceptors (Lipinski definition) is 2. The Morgan fingerprint density at radius 2 is 2.38 bits per heavy atom. The van der Waals surface area contributed by atoms with E-state index in [-0.39, 0.29) is 11.9 Å². The van der Waals surface area contributed by atoms with E-state index in [1.807, 2.05) is 13.0 Å². The van der Waals surface area contributed by atoms with Crippen LogP contribution in [0.4, 0.5) is 0 Å². The summed E-state index contributed by atoms with van der Waals surface area (Å²) in [4.78, 5) is 13.4. The van der Waals surface area contributed by atoms with E-state index >= 15 is 0 Å². The molecule has 1 heterocycles. The molecule has 0 saturated heterocycles. The lowest BCUT2D eigenvalue weighted by Crippen LogP contribution is -2.23. The third kappa shape index (κ3) is 2.70. The summed E-state index contributed by atoms with van der Waals surface area (Å²) in [6.45, 7) is 7.42. The van der Waals surface area contributed by atoms with E-state index in [1.165, 1.54) is 15.8 Å². The third-order valence-electron chi connectivity index (χ3n) is 1.73. The lowest BCUT2D eigenvalue weighted by atomic mass is 10.2. The third-order valence-corrected chi connectivity index (χ3v) is 2.92. The second-order valence-electron chi connectivity index (χ2n) is 2.88. The molecule has 1 rings (SSSR count). The molecule has 0 aliphatic rings. The second kappa shape index (κ2) is 4.23. The van der Waals surface area contributed by atoms with Crippen molar-refractivity contribution in [2.24, 2.45) is 0 Å². The normalized spacial score (nSPS) is 12.2. The van der Waals surface area contributed by atoms with E-state index in [0.717, 1.165) is 0 Å². The van der Waals surface area contributed by atoms with Gasteiger partial charge >= 0.3 is 0 Å². The first-order valence-corrected chi connectivity index (χ1v) is 4.94. The highest BCUT2D eigenvalue weighted by Crippen LogP contribution is 2.21. The van der Waals surface area contributed by atoms with E-state index in [4.69, 9.17) is 0 Å². The molecule has 0 saturated carbocycles. The predicted molar refractivity (Wildman–Crippen MR) is 55.8 cm³/mol. The lowest BCUT2D eigenvalue weighted by molar-refractivity contribution is -0.117. The molecule has 13 heavy (non-hydrogen) atoms. The Morgan fingerprint density at radius 1 is 1.69 bits per heavy atom. The van der Waals surface area contributed by atoms with Gasteiger partial charge in [0.15, 0.2) is 0 Å². The van der Waals surface area contributed by atoms with Crippen LogP contribution in [-0.2, 0) is 4.79 Å². The molecule has 1 N–H and O–H groups in total. The van der Waals surface area contributed by atoms with Gasteiger partial charge in [0.05, 0.1) is 6.04 Å². The second-order valence-corrected chi connectivity index (χ2v) is 4.20. The standard InChI is InChI=1S/C10H13NOS/c1-4-10(12)11-8(3)9-6-5-7(2)13-9/h4-6,8H,1H2,2-3H3,(H,11,12). The molecule has 0 spiro atoms. The smallest absolute Gasteiger partial charge is 0.243 e. The number of carbonyl (C=O) groups is 1. The Balaban J connectivity index is 2.63. The molecule has 0 aromatic carbocycles. The summed E-state index contributed by atoms with van der Waals surface area (Å²) in [5.74, 6) is -0.126. The van der Waals surface area contributed by atoms with Gasteiger partial charge in [-0.3, -0.25) is 4.79 Å². The van der Waals surface area contributed by atoms with E-state index in [9.17, 15) is 4.79 Å². The number of hydrogen-bond donors (Lipinski definition) is 1. The van der Waals surface area contributed by atoms with Crippen LogP contribution >= 0.6 is 11.3 Å². The van der Waals surface area contributed by atoms with Crippen molar-refractivity contribution in [3.05, 3.63) is 34.5 Å². The fourth-order valence-electron chi connectivity index (χ4n) is 1.03. The van der Waals surface area contributed by atoms with Crippen LogP contribution in [0, 0.1) is 6.92 Å². The van der Waals surface area contributed by atoms with Gasteiger partial charge in [-0.1, -0.05) is 6.58 Å². The molecule has 2 nitrogen and oxygen atoms in total. The van der Waals surface area contributed by atoms with Gasteiger partial charge in [-0.25, -0.2) is 0 Å². The molecule has 1 unspecified atom stereocenters. The zero-order chi connectivity index (χ0) is 9.84. The van der Waals surface area contributed by atoms with Crippen LogP contribution in [0.15, 0.2) is 24.8 Å². The number of amides is 1. The minimum Gasteiger partial charge on any atom is -0.345 e. The first-order chi connectivity index (χ1) is 6.13. The molecule has 0 bridgehead atoms. The molecule has 1 aromatic rings. The molecule has 1 atom stereocenters. The summed E-state index contributed by atoms with van der Waals surface area (Å²) in [6.07, 6.45) is 1.29. The van der Waals surface area contributed by atoms with Gasteiger partial charge < -0.3 is 5.32 Å². The predicted octanol–water partition coefficient (Wildman–Crippen LogP) is 2.42. The van der Waals surface area contributed by atoms with Crippen molar-refractivity contribution in [3.63, 3.8) is 0 Å². The monoisotopic (exact) mass is 195 g/mol. The number of rotatable bonds is 3. The number of carbonyl (C=O) groups excluding carboxylic acids is 1. The summed E-state index contributed by atoms with van der Waals surface area (Å²) in [5, 5.41) is 2.81. The van der Waals surface area contributed by atoms with Crippen LogP contribution in [0.5, 0.6) is 0 Å². The maximum atomic E-state index is 11.0. The van der Waals surface area contributed by atoms with Crippen LogP contribution in [0.25, 0.3) is 0 Å². The number of aryl methyl sites for hydroxylation is 1. The number of nitrogens with one attached hydrogen (secondary N) is 1. The largest absolute Gasteiger partial charge is 0.345 e. The Bertz CT molecular complexity index is 316. The minimum atomic E-state index is -0.126. The maximum Gasteiger partial charge on any atom is 0.243 e. The Kier molecular flexibility index (Phi) is 3.25. The molecule has 1 amide bonds. The molecular formula is C10H13NOS. The zero-order valence-electron chi connectivity index (χ0n) is 7.83. The van der Waals surface area contributed by atoms with Gasteiger partial charge in [0, 0.05) is 9.75 Å². The van der Waals surface area contributed by atoms with Gasteiger partial charge in [0.1, 0.15) is 0 Å². The van der Waals surface area contributed by atoms with Crippen molar-refractivity contribution < 1.29 is 4.79 Å². The zero-order valence-corrected chi connectivity index (χ0v) is 8.65. The highest BCUT2D eigenvalue weighted by molar-refractivity contribution is 7.12. The van der Waals surface area contributed by atoms with Crippen molar-refractivity contribution in [1.82, 2.24) is 5.32 Å². The average molecular weight is 195 g/mol. The maximum absolute atomic E-state index is 11.0. The molecule has 0 fully saturated rings. The molecule has 0 aliphatic carbocycles. The summed E-state index contributed by atoms with van der Waals surface area (Å²) in [7, 11) is 0. The topological polar surface area (TPSA) is 29.1 Å². The number of thiophene rings is 1. The Morgan fingerprint density at radius 3 is 2.85 bits per heavy atom.